The summed E-state index contributed by atoms with van der Waals surface area (Å²) in [6, 6.07) is 19.5. The summed E-state index contributed by atoms with van der Waals surface area (Å²) in [6.45, 7) is 0. The molecule has 1 aliphatic carbocycles. The first-order valence-corrected chi connectivity index (χ1v) is 7.02. The molecule has 0 N–H and O–H groups in total. The number of hydrogen-bond acceptors (Lipinski definition) is 0. The molecule has 0 saturated carbocycles. The number of halogens is 1. The Hall–Kier alpha value is -1.08. The molecule has 0 aliphatic heterocycles. The highest BCUT2D eigenvalue weighted by atomic mass is 79.9. The molecule has 2 unspecified atom stereocenters. The Balaban J connectivity index is 1.72. The van der Waals surface area contributed by atoms with Gasteiger partial charge in [0.15, 0.2) is 0 Å². The normalized spacial score (nSPS) is 19.2. The van der Waals surface area contributed by atoms with Crippen molar-refractivity contribution in [1.82, 2.24) is 0 Å². The monoisotopic (exact) mass is 286 g/mol. The van der Waals surface area contributed by atoms with E-state index in [4.69, 9.17) is 0 Å². The van der Waals surface area contributed by atoms with Crippen molar-refractivity contribution in [2.45, 2.75) is 23.6 Å². The van der Waals surface area contributed by atoms with Gasteiger partial charge in [-0.2, -0.15) is 0 Å². The smallest absolute Gasteiger partial charge is 0.0258 e. The molecule has 0 heterocycles. The second kappa shape index (κ2) is 4.66. The summed E-state index contributed by atoms with van der Waals surface area (Å²) in [5, 5.41) is 0. The molecule has 17 heavy (non-hydrogen) atoms. The minimum atomic E-state index is 0.555. The molecule has 0 radical (unpaired) electrons. The van der Waals surface area contributed by atoms with E-state index in [1.165, 1.54) is 23.1 Å². The Morgan fingerprint density at radius 1 is 1.00 bits per heavy atom. The predicted octanol–water partition coefficient (Wildman–Crippen LogP) is 4.33. The molecule has 0 spiro atoms. The van der Waals surface area contributed by atoms with Gasteiger partial charge in [0.2, 0.25) is 0 Å². The molecule has 3 rings (SSSR count). The molecule has 0 bridgehead atoms. The van der Waals surface area contributed by atoms with E-state index >= 15 is 0 Å². The lowest BCUT2D eigenvalue weighted by atomic mass is 9.75. The van der Waals surface area contributed by atoms with Crippen molar-refractivity contribution in [3.8, 4) is 0 Å². The fourth-order valence-corrected chi connectivity index (χ4v) is 3.45. The van der Waals surface area contributed by atoms with Crippen molar-refractivity contribution in [2.75, 3.05) is 0 Å². The average molecular weight is 287 g/mol. The lowest BCUT2D eigenvalue weighted by Crippen LogP contribution is -2.26. The molecule has 2 atom stereocenters. The van der Waals surface area contributed by atoms with Gasteiger partial charge in [0.05, 0.1) is 0 Å². The Kier molecular flexibility index (Phi) is 3.02. The molecule has 0 aromatic heterocycles. The van der Waals surface area contributed by atoms with Crippen molar-refractivity contribution in [3.05, 3.63) is 71.3 Å². The van der Waals surface area contributed by atoms with Gasteiger partial charge in [-0.3, -0.25) is 0 Å². The molecule has 2 aromatic rings. The summed E-state index contributed by atoms with van der Waals surface area (Å²) in [5.41, 5.74) is 4.47. The first kappa shape index (κ1) is 11.0. The van der Waals surface area contributed by atoms with Crippen LogP contribution < -0.4 is 0 Å². The van der Waals surface area contributed by atoms with E-state index in [0.29, 0.717) is 10.7 Å². The van der Waals surface area contributed by atoms with Crippen molar-refractivity contribution < 1.29 is 0 Å². The van der Waals surface area contributed by atoms with Crippen LogP contribution in [0.15, 0.2) is 54.6 Å². The summed E-state index contributed by atoms with van der Waals surface area (Å²) in [7, 11) is 0. The zero-order chi connectivity index (χ0) is 11.7. The SMILES string of the molecule is BrC(Cc1ccccc1)C1Cc2ccccc21. The number of benzene rings is 2. The first-order chi connectivity index (χ1) is 8.34. The van der Waals surface area contributed by atoms with Gasteiger partial charge in [-0.25, -0.2) is 0 Å². The number of hydrogen-bond donors (Lipinski definition) is 0. The van der Waals surface area contributed by atoms with Crippen LogP contribution in [0.4, 0.5) is 0 Å². The van der Waals surface area contributed by atoms with E-state index in [1.54, 1.807) is 0 Å². The molecule has 1 heteroatoms. The first-order valence-electron chi connectivity index (χ1n) is 6.10. The van der Waals surface area contributed by atoms with Crippen LogP contribution in [0.3, 0.4) is 0 Å². The van der Waals surface area contributed by atoms with Crippen molar-refractivity contribution in [1.29, 1.82) is 0 Å². The van der Waals surface area contributed by atoms with Gasteiger partial charge >= 0.3 is 0 Å². The summed E-state index contributed by atoms with van der Waals surface area (Å²) in [4.78, 5) is 0.555. The standard InChI is InChI=1S/C16H15Br/c17-16(10-12-6-2-1-3-7-12)15-11-13-8-4-5-9-14(13)15/h1-9,15-16H,10-11H2. The van der Waals surface area contributed by atoms with E-state index in [9.17, 15) is 0 Å². The van der Waals surface area contributed by atoms with Crippen molar-refractivity contribution in [2.24, 2.45) is 0 Å². The Morgan fingerprint density at radius 2 is 1.71 bits per heavy atom. The van der Waals surface area contributed by atoms with Crippen molar-refractivity contribution in [3.63, 3.8) is 0 Å². The maximum Gasteiger partial charge on any atom is 0.0258 e. The Morgan fingerprint density at radius 3 is 2.47 bits per heavy atom. The van der Waals surface area contributed by atoms with Gasteiger partial charge in [-0.05, 0) is 29.5 Å². The molecule has 0 amide bonds. The van der Waals surface area contributed by atoms with Crippen LogP contribution in [0, 0.1) is 0 Å². The Bertz CT molecular complexity index is 504. The largest absolute Gasteiger partial charge is 0.0880 e. The maximum atomic E-state index is 3.86. The third kappa shape index (κ3) is 2.16. The summed E-state index contributed by atoms with van der Waals surface area (Å²) in [6.07, 6.45) is 2.33. The fraction of sp³-hybridized carbons (Fsp3) is 0.250. The van der Waals surface area contributed by atoms with E-state index in [1.807, 2.05) is 0 Å². The zero-order valence-electron chi connectivity index (χ0n) is 9.64. The molecular formula is C16H15Br. The van der Waals surface area contributed by atoms with Gasteiger partial charge in [0, 0.05) is 10.7 Å². The second-order valence-electron chi connectivity index (χ2n) is 4.72. The third-order valence-electron chi connectivity index (χ3n) is 3.60. The van der Waals surface area contributed by atoms with Crippen LogP contribution in [0.5, 0.6) is 0 Å². The number of alkyl halides is 1. The van der Waals surface area contributed by atoms with Crippen LogP contribution in [-0.4, -0.2) is 4.83 Å². The van der Waals surface area contributed by atoms with Crippen LogP contribution >= 0.6 is 15.9 Å². The molecule has 1 aliphatic rings. The fourth-order valence-electron chi connectivity index (χ4n) is 2.60. The number of rotatable bonds is 3. The van der Waals surface area contributed by atoms with E-state index in [-0.39, 0.29) is 0 Å². The van der Waals surface area contributed by atoms with Gasteiger partial charge in [0.25, 0.3) is 0 Å². The predicted molar refractivity (Wildman–Crippen MR) is 75.7 cm³/mol. The quantitative estimate of drug-likeness (QED) is 0.737. The lowest BCUT2D eigenvalue weighted by Gasteiger charge is -2.34. The average Bonchev–Trinajstić information content (AvgIpc) is 2.32. The minimum absolute atomic E-state index is 0.555. The molecule has 0 fully saturated rings. The second-order valence-corrected chi connectivity index (χ2v) is 5.89. The molecular weight excluding hydrogens is 272 g/mol. The van der Waals surface area contributed by atoms with E-state index in [2.05, 4.69) is 70.5 Å². The van der Waals surface area contributed by atoms with Crippen LogP contribution in [0.25, 0.3) is 0 Å². The Labute approximate surface area is 111 Å². The summed E-state index contributed by atoms with van der Waals surface area (Å²) < 4.78 is 0. The summed E-state index contributed by atoms with van der Waals surface area (Å²) >= 11 is 3.86. The third-order valence-corrected chi connectivity index (χ3v) is 4.57. The molecule has 0 nitrogen and oxygen atoms in total. The van der Waals surface area contributed by atoms with Crippen molar-refractivity contribution >= 4 is 15.9 Å². The zero-order valence-corrected chi connectivity index (χ0v) is 11.2. The highest BCUT2D eigenvalue weighted by Crippen LogP contribution is 2.41. The van der Waals surface area contributed by atoms with Crippen LogP contribution in [-0.2, 0) is 12.8 Å². The van der Waals surface area contributed by atoms with Gasteiger partial charge in [-0.15, -0.1) is 0 Å². The topological polar surface area (TPSA) is 0 Å². The molecule has 0 saturated heterocycles. The van der Waals surface area contributed by atoms with Gasteiger partial charge < -0.3 is 0 Å². The maximum absolute atomic E-state index is 3.86. The minimum Gasteiger partial charge on any atom is -0.0880 e. The highest BCUT2D eigenvalue weighted by molar-refractivity contribution is 9.09. The van der Waals surface area contributed by atoms with Gasteiger partial charge in [0.1, 0.15) is 0 Å². The van der Waals surface area contributed by atoms with E-state index in [0.717, 1.165) is 6.42 Å². The number of fused-ring (bicyclic) bond motifs is 1. The van der Waals surface area contributed by atoms with Gasteiger partial charge in [-0.1, -0.05) is 70.5 Å². The molecule has 86 valence electrons. The lowest BCUT2D eigenvalue weighted by molar-refractivity contribution is 0.581. The highest BCUT2D eigenvalue weighted by Gasteiger charge is 2.30. The summed E-state index contributed by atoms with van der Waals surface area (Å²) in [5.74, 6) is 0.686. The van der Waals surface area contributed by atoms with Crippen LogP contribution in [0.2, 0.25) is 0 Å². The molecule has 2 aromatic carbocycles. The van der Waals surface area contributed by atoms with Crippen LogP contribution in [0.1, 0.15) is 22.6 Å². The van der Waals surface area contributed by atoms with E-state index < -0.39 is 0 Å².